The Kier molecular flexibility index (Phi) is 4.78. The Morgan fingerprint density at radius 1 is 1.56 bits per heavy atom. The van der Waals surface area contributed by atoms with Crippen LogP contribution in [-0.4, -0.2) is 47.2 Å². The molecule has 1 atom stereocenters. The molecule has 1 fully saturated rings. The molecule has 0 bridgehead atoms. The van der Waals surface area contributed by atoms with E-state index in [0.29, 0.717) is 12.0 Å². The Balaban J connectivity index is 1.84. The molecule has 0 radical (unpaired) electrons. The average molecular weight is 250 g/mol. The number of rotatable bonds is 6. The van der Waals surface area contributed by atoms with Crippen molar-refractivity contribution in [2.24, 2.45) is 0 Å². The van der Waals surface area contributed by atoms with Crippen LogP contribution in [0.4, 0.5) is 0 Å². The van der Waals surface area contributed by atoms with E-state index in [-0.39, 0.29) is 0 Å². The first kappa shape index (κ1) is 13.6. The maximum atomic E-state index is 4.32. The van der Waals surface area contributed by atoms with Crippen molar-refractivity contribution in [1.29, 1.82) is 0 Å². The van der Waals surface area contributed by atoms with Crippen molar-refractivity contribution in [3.63, 3.8) is 0 Å². The maximum absolute atomic E-state index is 4.32. The van der Waals surface area contributed by atoms with Gasteiger partial charge in [-0.1, -0.05) is 0 Å². The summed E-state index contributed by atoms with van der Waals surface area (Å²) < 4.78 is 2.34. The van der Waals surface area contributed by atoms with E-state index in [1.807, 2.05) is 12.5 Å². The molecule has 1 unspecified atom stereocenters. The van der Waals surface area contributed by atoms with Crippen LogP contribution in [0.15, 0.2) is 12.5 Å². The van der Waals surface area contributed by atoms with Crippen LogP contribution in [0.2, 0.25) is 0 Å². The van der Waals surface area contributed by atoms with Gasteiger partial charge in [0, 0.05) is 36.9 Å². The summed E-state index contributed by atoms with van der Waals surface area (Å²) in [5, 5.41) is 3.43. The van der Waals surface area contributed by atoms with Gasteiger partial charge in [0.05, 0.1) is 6.33 Å². The summed E-state index contributed by atoms with van der Waals surface area (Å²) in [6.45, 7) is 8.98. The fraction of sp³-hybridized carbons (Fsp3) is 0.786. The fourth-order valence-corrected chi connectivity index (χ4v) is 2.51. The molecule has 0 aliphatic carbocycles. The number of hydrogen-bond donors (Lipinski definition) is 1. The van der Waals surface area contributed by atoms with Crippen molar-refractivity contribution < 1.29 is 0 Å². The molecule has 0 amide bonds. The van der Waals surface area contributed by atoms with Crippen molar-refractivity contribution in [2.45, 2.75) is 45.2 Å². The lowest BCUT2D eigenvalue weighted by Gasteiger charge is -2.21. The zero-order chi connectivity index (χ0) is 13.0. The van der Waals surface area contributed by atoms with Crippen molar-refractivity contribution in [3.8, 4) is 0 Å². The maximum Gasteiger partial charge on any atom is 0.0948 e. The molecule has 102 valence electrons. The first-order valence-electron chi connectivity index (χ1n) is 7.09. The van der Waals surface area contributed by atoms with Gasteiger partial charge in [0.2, 0.25) is 0 Å². The van der Waals surface area contributed by atoms with Crippen molar-refractivity contribution in [3.05, 3.63) is 18.2 Å². The Morgan fingerprint density at radius 3 is 3.06 bits per heavy atom. The smallest absolute Gasteiger partial charge is 0.0948 e. The number of aromatic nitrogens is 2. The van der Waals surface area contributed by atoms with Gasteiger partial charge in [0.15, 0.2) is 0 Å². The standard InChI is InChI=1S/C14H26N4/c1-12(2)17(3)7-4-8-18-11-16-10-14(18)13-5-6-15-9-13/h10-13,15H,4-9H2,1-3H3. The molecule has 1 saturated heterocycles. The minimum Gasteiger partial charge on any atom is -0.334 e. The van der Waals surface area contributed by atoms with E-state index in [4.69, 9.17) is 0 Å². The predicted octanol–water partition coefficient (Wildman–Crippen LogP) is 1.69. The first-order valence-corrected chi connectivity index (χ1v) is 7.09. The highest BCUT2D eigenvalue weighted by molar-refractivity contribution is 5.09. The Morgan fingerprint density at radius 2 is 2.39 bits per heavy atom. The molecule has 2 rings (SSSR count). The largest absolute Gasteiger partial charge is 0.334 e. The molecule has 0 spiro atoms. The van der Waals surface area contributed by atoms with Gasteiger partial charge in [0.1, 0.15) is 0 Å². The highest BCUT2D eigenvalue weighted by atomic mass is 15.1. The second-order valence-electron chi connectivity index (χ2n) is 5.63. The van der Waals surface area contributed by atoms with E-state index in [0.717, 1.165) is 26.2 Å². The molecule has 1 aliphatic rings. The van der Waals surface area contributed by atoms with Crippen LogP contribution in [0, 0.1) is 0 Å². The minimum atomic E-state index is 0.631. The summed E-state index contributed by atoms with van der Waals surface area (Å²) in [7, 11) is 2.19. The second kappa shape index (κ2) is 6.34. The van der Waals surface area contributed by atoms with Crippen LogP contribution in [0.3, 0.4) is 0 Å². The van der Waals surface area contributed by atoms with Crippen LogP contribution >= 0.6 is 0 Å². The van der Waals surface area contributed by atoms with E-state index in [2.05, 4.69) is 40.7 Å². The average Bonchev–Trinajstić information content (AvgIpc) is 2.98. The highest BCUT2D eigenvalue weighted by Crippen LogP contribution is 2.21. The molecular formula is C14H26N4. The summed E-state index contributed by atoms with van der Waals surface area (Å²) in [6, 6.07) is 0.631. The summed E-state index contributed by atoms with van der Waals surface area (Å²) >= 11 is 0. The molecule has 4 heteroatoms. The number of hydrogen-bond acceptors (Lipinski definition) is 3. The number of nitrogens with one attached hydrogen (secondary N) is 1. The molecule has 1 aromatic heterocycles. The lowest BCUT2D eigenvalue weighted by atomic mass is 10.1. The lowest BCUT2D eigenvalue weighted by molar-refractivity contribution is 0.265. The molecular weight excluding hydrogens is 224 g/mol. The molecule has 1 aliphatic heterocycles. The van der Waals surface area contributed by atoms with Crippen LogP contribution in [-0.2, 0) is 6.54 Å². The zero-order valence-electron chi connectivity index (χ0n) is 11.9. The van der Waals surface area contributed by atoms with Crippen LogP contribution in [0.1, 0.15) is 38.3 Å². The Bertz CT molecular complexity index is 352. The third-order valence-corrected chi connectivity index (χ3v) is 4.01. The predicted molar refractivity (Wildman–Crippen MR) is 74.8 cm³/mol. The highest BCUT2D eigenvalue weighted by Gasteiger charge is 2.19. The van der Waals surface area contributed by atoms with Gasteiger partial charge >= 0.3 is 0 Å². The lowest BCUT2D eigenvalue weighted by Crippen LogP contribution is -2.28. The Labute approximate surface area is 110 Å². The van der Waals surface area contributed by atoms with E-state index >= 15 is 0 Å². The summed E-state index contributed by atoms with van der Waals surface area (Å²) in [5.41, 5.74) is 1.41. The van der Waals surface area contributed by atoms with Gasteiger partial charge in [0.25, 0.3) is 0 Å². The molecule has 18 heavy (non-hydrogen) atoms. The summed E-state index contributed by atoms with van der Waals surface area (Å²) in [4.78, 5) is 6.72. The third-order valence-electron chi connectivity index (χ3n) is 4.01. The SMILES string of the molecule is CC(C)N(C)CCCn1cncc1C1CCNC1. The normalized spacial score (nSPS) is 20.2. The summed E-state index contributed by atoms with van der Waals surface area (Å²) in [6.07, 6.45) is 6.47. The van der Waals surface area contributed by atoms with E-state index in [9.17, 15) is 0 Å². The quantitative estimate of drug-likeness (QED) is 0.834. The van der Waals surface area contributed by atoms with Gasteiger partial charge in [-0.15, -0.1) is 0 Å². The number of nitrogens with zero attached hydrogens (tertiary/aromatic N) is 3. The molecule has 2 heterocycles. The third kappa shape index (κ3) is 3.33. The second-order valence-corrected chi connectivity index (χ2v) is 5.63. The van der Waals surface area contributed by atoms with Gasteiger partial charge in [-0.3, -0.25) is 0 Å². The molecule has 1 N–H and O–H groups in total. The molecule has 0 aromatic carbocycles. The van der Waals surface area contributed by atoms with Gasteiger partial charge in [-0.25, -0.2) is 4.98 Å². The monoisotopic (exact) mass is 250 g/mol. The van der Waals surface area contributed by atoms with Gasteiger partial charge < -0.3 is 14.8 Å². The van der Waals surface area contributed by atoms with Crippen LogP contribution in [0.25, 0.3) is 0 Å². The zero-order valence-corrected chi connectivity index (χ0v) is 11.9. The van der Waals surface area contributed by atoms with Crippen molar-refractivity contribution in [2.75, 3.05) is 26.7 Å². The van der Waals surface area contributed by atoms with E-state index in [1.54, 1.807) is 0 Å². The van der Waals surface area contributed by atoms with Crippen LogP contribution in [0.5, 0.6) is 0 Å². The Hall–Kier alpha value is -0.870. The number of aryl methyl sites for hydroxylation is 1. The van der Waals surface area contributed by atoms with Crippen LogP contribution < -0.4 is 5.32 Å². The van der Waals surface area contributed by atoms with Gasteiger partial charge in [-0.2, -0.15) is 0 Å². The molecule has 4 nitrogen and oxygen atoms in total. The van der Waals surface area contributed by atoms with Gasteiger partial charge in [-0.05, 0) is 46.8 Å². The topological polar surface area (TPSA) is 33.1 Å². The minimum absolute atomic E-state index is 0.631. The van der Waals surface area contributed by atoms with Crippen molar-refractivity contribution in [1.82, 2.24) is 19.8 Å². The summed E-state index contributed by atoms with van der Waals surface area (Å²) in [5.74, 6) is 0.662. The first-order chi connectivity index (χ1) is 8.68. The van der Waals surface area contributed by atoms with E-state index < -0.39 is 0 Å². The van der Waals surface area contributed by atoms with Crippen molar-refractivity contribution >= 4 is 0 Å². The molecule has 0 saturated carbocycles. The van der Waals surface area contributed by atoms with E-state index in [1.165, 1.54) is 18.5 Å². The fourth-order valence-electron chi connectivity index (χ4n) is 2.51. The molecule has 1 aromatic rings. The number of imidazole rings is 1.